The van der Waals surface area contributed by atoms with Crippen molar-refractivity contribution >= 4 is 17.0 Å². The highest BCUT2D eigenvalue weighted by Crippen LogP contribution is 2.18. The molecule has 2 aromatic rings. The number of aromatic amines is 1. The van der Waals surface area contributed by atoms with Crippen LogP contribution in [-0.2, 0) is 0 Å². The van der Waals surface area contributed by atoms with Gasteiger partial charge in [0.05, 0.1) is 11.3 Å². The summed E-state index contributed by atoms with van der Waals surface area (Å²) in [6, 6.07) is 12.8. The van der Waals surface area contributed by atoms with Crippen LogP contribution < -0.4 is 5.73 Å². The van der Waals surface area contributed by atoms with Crippen LogP contribution in [0.25, 0.3) is 17.0 Å². The van der Waals surface area contributed by atoms with E-state index in [2.05, 4.69) is 4.98 Å². The molecule has 0 saturated carbocycles. The lowest BCUT2D eigenvalue weighted by Crippen LogP contribution is -2.03. The van der Waals surface area contributed by atoms with E-state index in [1.54, 1.807) is 18.2 Å². The van der Waals surface area contributed by atoms with Crippen molar-refractivity contribution < 1.29 is 0 Å². The molecule has 2 rings (SSSR count). The Morgan fingerprint density at radius 2 is 1.85 bits per heavy atom. The molecule has 20 heavy (non-hydrogen) atoms. The van der Waals surface area contributed by atoms with Gasteiger partial charge in [-0.05, 0) is 35.2 Å². The van der Waals surface area contributed by atoms with Crippen molar-refractivity contribution in [2.75, 3.05) is 0 Å². The largest absolute Gasteiger partial charge is 0.396 e. The molecule has 0 fully saturated rings. The molecule has 0 aliphatic heterocycles. The average Bonchev–Trinajstić information content (AvgIpc) is 2.93. The van der Waals surface area contributed by atoms with E-state index in [-0.39, 0.29) is 16.8 Å². The molecular weight excluding hydrogens is 250 g/mol. The molecule has 0 bridgehead atoms. The minimum absolute atomic E-state index is 0.0954. The highest BCUT2D eigenvalue weighted by molar-refractivity contribution is 5.82. The summed E-state index contributed by atoms with van der Waals surface area (Å²) in [6.07, 6.45) is 3.37. The van der Waals surface area contributed by atoms with Crippen molar-refractivity contribution in [2.24, 2.45) is 5.73 Å². The minimum atomic E-state index is -0.263. The second kappa shape index (κ2) is 5.44. The van der Waals surface area contributed by atoms with E-state index < -0.39 is 0 Å². The van der Waals surface area contributed by atoms with E-state index in [4.69, 9.17) is 21.5 Å². The molecule has 0 aliphatic carbocycles. The second-order valence-corrected chi connectivity index (χ2v) is 4.01. The van der Waals surface area contributed by atoms with E-state index in [0.29, 0.717) is 0 Å². The summed E-state index contributed by atoms with van der Waals surface area (Å²) < 4.78 is 0. The normalized spacial score (nSPS) is 10.3. The third kappa shape index (κ3) is 2.36. The third-order valence-corrected chi connectivity index (χ3v) is 2.79. The molecule has 0 amide bonds. The lowest BCUT2D eigenvalue weighted by molar-refractivity contribution is 1.31. The summed E-state index contributed by atoms with van der Waals surface area (Å²) in [5, 5.41) is 27.7. The fourth-order valence-corrected chi connectivity index (χ4v) is 1.78. The van der Waals surface area contributed by atoms with Gasteiger partial charge in [-0.15, -0.1) is 0 Å². The number of aromatic nitrogens is 1. The summed E-state index contributed by atoms with van der Waals surface area (Å²) in [5.74, 6) is 0. The maximum atomic E-state index is 9.11. The first-order chi connectivity index (χ1) is 9.69. The van der Waals surface area contributed by atoms with Gasteiger partial charge in [-0.25, -0.2) is 0 Å². The first-order valence-electron chi connectivity index (χ1n) is 5.69. The standard InChI is InChI=1S/C15H9N5/c16-7-12(15(19)13(8-17)9-18)6-10-1-2-14-11(5-10)3-4-20-14/h1-6,20H,19H2/b12-6+. The number of hydrogen-bond donors (Lipinski definition) is 2. The Bertz CT molecular complexity index is 831. The average molecular weight is 259 g/mol. The van der Waals surface area contributed by atoms with Gasteiger partial charge < -0.3 is 10.7 Å². The highest BCUT2D eigenvalue weighted by Gasteiger charge is 2.08. The molecule has 5 heteroatoms. The quantitative estimate of drug-likeness (QED) is 0.636. The molecule has 0 saturated heterocycles. The summed E-state index contributed by atoms with van der Waals surface area (Å²) in [5.41, 5.74) is 7.15. The van der Waals surface area contributed by atoms with Gasteiger partial charge in [-0.2, -0.15) is 15.8 Å². The third-order valence-electron chi connectivity index (χ3n) is 2.79. The maximum Gasteiger partial charge on any atom is 0.153 e. The monoisotopic (exact) mass is 259 g/mol. The van der Waals surface area contributed by atoms with Gasteiger partial charge in [-0.3, -0.25) is 0 Å². The molecule has 1 heterocycles. The van der Waals surface area contributed by atoms with Crippen molar-refractivity contribution in [2.45, 2.75) is 0 Å². The Kier molecular flexibility index (Phi) is 3.52. The van der Waals surface area contributed by atoms with Gasteiger partial charge in [0.15, 0.2) is 5.57 Å². The van der Waals surface area contributed by atoms with Crippen molar-refractivity contribution in [3.05, 3.63) is 52.9 Å². The lowest BCUT2D eigenvalue weighted by Gasteiger charge is -2.00. The summed E-state index contributed by atoms with van der Waals surface area (Å²) >= 11 is 0. The van der Waals surface area contributed by atoms with Crippen LogP contribution >= 0.6 is 0 Å². The molecule has 1 aromatic heterocycles. The first kappa shape index (κ1) is 13.0. The van der Waals surface area contributed by atoms with Gasteiger partial charge in [0.2, 0.25) is 0 Å². The zero-order chi connectivity index (χ0) is 14.5. The number of nitrogens with zero attached hydrogens (tertiary/aromatic N) is 3. The lowest BCUT2D eigenvalue weighted by atomic mass is 10.1. The predicted octanol–water partition coefficient (Wildman–Crippen LogP) is 2.33. The summed E-state index contributed by atoms with van der Waals surface area (Å²) in [7, 11) is 0. The van der Waals surface area contributed by atoms with Crippen LogP contribution in [0.15, 0.2) is 47.3 Å². The molecule has 1 aromatic carbocycles. The van der Waals surface area contributed by atoms with Crippen LogP contribution in [0.5, 0.6) is 0 Å². The summed E-state index contributed by atoms with van der Waals surface area (Å²) in [4.78, 5) is 3.07. The Hall–Kier alpha value is -3.49. The smallest absolute Gasteiger partial charge is 0.153 e. The van der Waals surface area contributed by atoms with Crippen LogP contribution in [0, 0.1) is 34.0 Å². The molecule has 0 atom stereocenters. The molecular formula is C15H9N5. The van der Waals surface area contributed by atoms with E-state index >= 15 is 0 Å². The van der Waals surface area contributed by atoms with Crippen molar-refractivity contribution in [3.63, 3.8) is 0 Å². The molecule has 94 valence electrons. The first-order valence-corrected chi connectivity index (χ1v) is 5.69. The molecule has 0 aliphatic rings. The molecule has 0 spiro atoms. The number of allylic oxidation sites excluding steroid dienone is 2. The van der Waals surface area contributed by atoms with E-state index in [1.807, 2.05) is 36.5 Å². The van der Waals surface area contributed by atoms with Gasteiger partial charge in [-0.1, -0.05) is 6.07 Å². The number of nitriles is 3. The number of rotatable bonds is 2. The van der Waals surface area contributed by atoms with Crippen LogP contribution in [0.1, 0.15) is 5.56 Å². The molecule has 0 radical (unpaired) electrons. The Morgan fingerprint density at radius 1 is 1.10 bits per heavy atom. The van der Waals surface area contributed by atoms with Gasteiger partial charge in [0.25, 0.3) is 0 Å². The van der Waals surface area contributed by atoms with Gasteiger partial charge in [0, 0.05) is 11.7 Å². The minimum Gasteiger partial charge on any atom is -0.396 e. The van der Waals surface area contributed by atoms with Crippen molar-refractivity contribution in [1.82, 2.24) is 4.98 Å². The number of fused-ring (bicyclic) bond motifs is 1. The van der Waals surface area contributed by atoms with Crippen molar-refractivity contribution in [1.29, 1.82) is 15.8 Å². The number of nitrogens with two attached hydrogens (primary N) is 1. The van der Waals surface area contributed by atoms with E-state index in [0.717, 1.165) is 16.5 Å². The SMILES string of the molecule is N#CC(C#N)=C(N)/C(C#N)=C/c1ccc2[nH]ccc2c1. The van der Waals surface area contributed by atoms with Crippen LogP contribution in [0.2, 0.25) is 0 Å². The number of H-pyrrole nitrogens is 1. The second-order valence-electron chi connectivity index (χ2n) is 4.01. The zero-order valence-electron chi connectivity index (χ0n) is 10.4. The topological polar surface area (TPSA) is 113 Å². The van der Waals surface area contributed by atoms with Crippen molar-refractivity contribution in [3.8, 4) is 18.2 Å². The van der Waals surface area contributed by atoms with Gasteiger partial charge >= 0.3 is 0 Å². The highest BCUT2D eigenvalue weighted by atomic mass is 14.7. The number of benzene rings is 1. The van der Waals surface area contributed by atoms with E-state index in [1.165, 1.54) is 0 Å². The van der Waals surface area contributed by atoms with Gasteiger partial charge in [0.1, 0.15) is 18.2 Å². The molecule has 3 N–H and O–H groups in total. The maximum absolute atomic E-state index is 9.11. The molecule has 0 unspecified atom stereocenters. The Balaban J connectivity index is 2.52. The van der Waals surface area contributed by atoms with Crippen LogP contribution in [0.4, 0.5) is 0 Å². The summed E-state index contributed by atoms with van der Waals surface area (Å²) in [6.45, 7) is 0. The predicted molar refractivity (Wildman–Crippen MR) is 74.3 cm³/mol. The zero-order valence-corrected chi connectivity index (χ0v) is 10.4. The Labute approximate surface area is 115 Å². The fraction of sp³-hybridized carbons (Fsp3) is 0. The van der Waals surface area contributed by atoms with Crippen LogP contribution in [0.3, 0.4) is 0 Å². The van der Waals surface area contributed by atoms with E-state index in [9.17, 15) is 0 Å². The number of nitrogens with one attached hydrogen (secondary N) is 1. The Morgan fingerprint density at radius 3 is 2.50 bits per heavy atom. The number of hydrogen-bond acceptors (Lipinski definition) is 4. The van der Waals surface area contributed by atoms with Crippen LogP contribution in [-0.4, -0.2) is 4.98 Å². The molecule has 5 nitrogen and oxygen atoms in total. The fourth-order valence-electron chi connectivity index (χ4n) is 1.78.